The average Bonchev–Trinajstić information content (AvgIpc) is 3.23. The molecule has 3 nitrogen and oxygen atoms in total. The number of nitrogens with one attached hydrogen (secondary N) is 1. The number of carbonyl (C=O) groups is 1. The molecule has 3 heterocycles. The van der Waals surface area contributed by atoms with E-state index in [0.717, 1.165) is 28.3 Å². The number of Topliss-reactive ketones (excluding diaryl/α,β-unsaturated/α-hetero) is 1. The highest BCUT2D eigenvalue weighted by atomic mass is 32.1. The molecule has 0 saturated heterocycles. The SMILES string of the molecule is CC1=C(C#N)C(c2ccc(-c3cccs3)s2)C2=C(CC(C)(C)CC2=O)N1. The first-order chi connectivity index (χ1) is 12.4. The summed E-state index contributed by atoms with van der Waals surface area (Å²) in [4.78, 5) is 16.5. The largest absolute Gasteiger partial charge is 0.361 e. The lowest BCUT2D eigenvalue weighted by Crippen LogP contribution is -2.36. The molecule has 0 radical (unpaired) electrons. The number of carbonyl (C=O) groups excluding carboxylic acids is 1. The van der Waals surface area contributed by atoms with Gasteiger partial charge in [0.05, 0.1) is 17.6 Å². The molecule has 1 N–H and O–H groups in total. The van der Waals surface area contributed by atoms with E-state index in [1.54, 1.807) is 22.7 Å². The van der Waals surface area contributed by atoms with E-state index in [9.17, 15) is 10.1 Å². The summed E-state index contributed by atoms with van der Waals surface area (Å²) in [5, 5.41) is 15.2. The lowest BCUT2D eigenvalue weighted by Gasteiger charge is -2.38. The fraction of sp³-hybridized carbons (Fsp3) is 0.333. The molecule has 2 aliphatic rings. The second-order valence-corrected chi connectivity index (χ2v) is 9.78. The van der Waals surface area contributed by atoms with Gasteiger partial charge in [-0.3, -0.25) is 4.79 Å². The molecule has 0 aromatic carbocycles. The summed E-state index contributed by atoms with van der Waals surface area (Å²) in [6.07, 6.45) is 1.37. The van der Waals surface area contributed by atoms with E-state index in [2.05, 4.69) is 48.8 Å². The smallest absolute Gasteiger partial charge is 0.162 e. The third-order valence-electron chi connectivity index (χ3n) is 5.04. The Hall–Kier alpha value is -2.16. The van der Waals surface area contributed by atoms with Crippen molar-refractivity contribution in [1.29, 1.82) is 5.26 Å². The van der Waals surface area contributed by atoms with Crippen molar-refractivity contribution < 1.29 is 4.79 Å². The maximum atomic E-state index is 13.0. The lowest BCUT2D eigenvalue weighted by atomic mass is 9.70. The Morgan fingerprint density at radius 3 is 2.73 bits per heavy atom. The molecule has 0 fully saturated rings. The van der Waals surface area contributed by atoms with Crippen LogP contribution in [-0.2, 0) is 4.79 Å². The van der Waals surface area contributed by atoms with Gasteiger partial charge in [-0.25, -0.2) is 0 Å². The van der Waals surface area contributed by atoms with Gasteiger partial charge in [0.2, 0.25) is 0 Å². The molecule has 132 valence electrons. The molecular formula is C21H20N2OS2. The first-order valence-corrected chi connectivity index (χ1v) is 10.4. The van der Waals surface area contributed by atoms with Crippen LogP contribution in [0.15, 0.2) is 52.2 Å². The normalized spacial score (nSPS) is 22.1. The Morgan fingerprint density at radius 2 is 2.04 bits per heavy atom. The molecule has 1 aliphatic heterocycles. The molecule has 0 amide bonds. The standard InChI is InChI=1S/C21H20N2OS2/c1-12-13(11-22)19(18-7-6-17(26-18)16-5-4-8-25-16)20-14(23-12)9-21(2,3)10-15(20)24/h4-8,19,23H,9-10H2,1-3H3. The Bertz CT molecular complexity index is 984. The second-order valence-electron chi connectivity index (χ2n) is 7.72. The van der Waals surface area contributed by atoms with Crippen LogP contribution in [0.25, 0.3) is 9.75 Å². The summed E-state index contributed by atoms with van der Waals surface area (Å²) in [5.74, 6) is -0.0707. The van der Waals surface area contributed by atoms with Gasteiger partial charge in [0.25, 0.3) is 0 Å². The molecule has 26 heavy (non-hydrogen) atoms. The van der Waals surface area contributed by atoms with E-state index in [1.165, 1.54) is 9.75 Å². The van der Waals surface area contributed by atoms with Gasteiger partial charge in [-0.2, -0.15) is 5.26 Å². The highest BCUT2D eigenvalue weighted by Crippen LogP contribution is 2.48. The summed E-state index contributed by atoms with van der Waals surface area (Å²) in [6, 6.07) is 10.7. The minimum absolute atomic E-state index is 0.0462. The number of allylic oxidation sites excluding steroid dienone is 4. The van der Waals surface area contributed by atoms with Gasteiger partial charge in [-0.05, 0) is 42.3 Å². The molecule has 4 rings (SSSR count). The van der Waals surface area contributed by atoms with Crippen molar-refractivity contribution in [3.63, 3.8) is 0 Å². The third-order valence-corrected chi connectivity index (χ3v) is 7.25. The van der Waals surface area contributed by atoms with Crippen LogP contribution in [0.2, 0.25) is 0 Å². The van der Waals surface area contributed by atoms with Crippen LogP contribution in [0.1, 0.15) is 44.4 Å². The van der Waals surface area contributed by atoms with E-state index in [4.69, 9.17) is 0 Å². The zero-order valence-electron chi connectivity index (χ0n) is 15.1. The molecular weight excluding hydrogens is 360 g/mol. The molecule has 1 aliphatic carbocycles. The van der Waals surface area contributed by atoms with Gasteiger partial charge >= 0.3 is 0 Å². The van der Waals surface area contributed by atoms with Crippen molar-refractivity contribution in [2.45, 2.75) is 39.5 Å². The van der Waals surface area contributed by atoms with E-state index < -0.39 is 0 Å². The Labute approximate surface area is 161 Å². The fourth-order valence-electron chi connectivity index (χ4n) is 3.93. The Balaban J connectivity index is 1.83. The van der Waals surface area contributed by atoms with Crippen LogP contribution in [0.3, 0.4) is 0 Å². The van der Waals surface area contributed by atoms with Crippen LogP contribution in [-0.4, -0.2) is 5.78 Å². The molecule has 2 aromatic heterocycles. The van der Waals surface area contributed by atoms with Crippen LogP contribution in [0, 0.1) is 16.7 Å². The third kappa shape index (κ3) is 2.84. The highest BCUT2D eigenvalue weighted by Gasteiger charge is 2.41. The van der Waals surface area contributed by atoms with E-state index >= 15 is 0 Å². The summed E-state index contributed by atoms with van der Waals surface area (Å²) in [5.41, 5.74) is 3.28. The lowest BCUT2D eigenvalue weighted by molar-refractivity contribution is -0.118. The molecule has 1 atom stereocenters. The first kappa shape index (κ1) is 17.3. The summed E-state index contributed by atoms with van der Waals surface area (Å²) < 4.78 is 0. The second kappa shape index (κ2) is 6.22. The van der Waals surface area contributed by atoms with Crippen LogP contribution in [0.4, 0.5) is 0 Å². The first-order valence-electron chi connectivity index (χ1n) is 8.67. The van der Waals surface area contributed by atoms with Crippen molar-refractivity contribution in [1.82, 2.24) is 5.32 Å². The predicted octanol–water partition coefficient (Wildman–Crippen LogP) is 5.60. The number of nitriles is 1. The van der Waals surface area contributed by atoms with Crippen LogP contribution in [0.5, 0.6) is 0 Å². The zero-order valence-corrected chi connectivity index (χ0v) is 16.7. The van der Waals surface area contributed by atoms with E-state index in [-0.39, 0.29) is 17.1 Å². The number of ketones is 1. The topological polar surface area (TPSA) is 52.9 Å². The number of rotatable bonds is 2. The number of thiophene rings is 2. The monoisotopic (exact) mass is 380 g/mol. The van der Waals surface area contributed by atoms with Gasteiger partial charge in [0.1, 0.15) is 0 Å². The van der Waals surface area contributed by atoms with Crippen molar-refractivity contribution in [2.24, 2.45) is 5.41 Å². The average molecular weight is 381 g/mol. The van der Waals surface area contributed by atoms with Crippen molar-refractivity contribution >= 4 is 28.5 Å². The summed E-state index contributed by atoms with van der Waals surface area (Å²) >= 11 is 3.40. The van der Waals surface area contributed by atoms with Gasteiger partial charge in [0.15, 0.2) is 5.78 Å². The van der Waals surface area contributed by atoms with Gasteiger partial charge in [-0.1, -0.05) is 19.9 Å². The minimum atomic E-state index is -0.237. The van der Waals surface area contributed by atoms with E-state index in [0.29, 0.717) is 12.0 Å². The Kier molecular flexibility index (Phi) is 4.13. The summed E-state index contributed by atoms with van der Waals surface area (Å²) in [6.45, 7) is 6.20. The van der Waals surface area contributed by atoms with Gasteiger partial charge in [-0.15, -0.1) is 22.7 Å². The van der Waals surface area contributed by atoms with Gasteiger partial charge in [0, 0.05) is 38.0 Å². The van der Waals surface area contributed by atoms with Crippen LogP contribution >= 0.6 is 22.7 Å². The Morgan fingerprint density at radius 1 is 1.23 bits per heavy atom. The maximum Gasteiger partial charge on any atom is 0.162 e. The highest BCUT2D eigenvalue weighted by molar-refractivity contribution is 7.21. The molecule has 0 spiro atoms. The summed E-state index contributed by atoms with van der Waals surface area (Å²) in [7, 11) is 0. The predicted molar refractivity (Wildman–Crippen MR) is 107 cm³/mol. The quantitative estimate of drug-likeness (QED) is 0.737. The van der Waals surface area contributed by atoms with Crippen molar-refractivity contribution in [3.8, 4) is 15.8 Å². The maximum absolute atomic E-state index is 13.0. The number of nitrogens with zero attached hydrogens (tertiary/aromatic N) is 1. The zero-order chi connectivity index (χ0) is 18.5. The minimum Gasteiger partial charge on any atom is -0.361 e. The number of dihydropyridines is 1. The van der Waals surface area contributed by atoms with Crippen molar-refractivity contribution in [3.05, 3.63) is 57.1 Å². The molecule has 5 heteroatoms. The number of hydrogen-bond acceptors (Lipinski definition) is 5. The number of hydrogen-bond donors (Lipinski definition) is 1. The van der Waals surface area contributed by atoms with Crippen molar-refractivity contribution in [2.75, 3.05) is 0 Å². The van der Waals surface area contributed by atoms with Gasteiger partial charge < -0.3 is 5.32 Å². The molecule has 2 aromatic rings. The molecule has 0 saturated carbocycles. The fourth-order valence-corrected chi connectivity index (χ4v) is 5.89. The van der Waals surface area contributed by atoms with Crippen LogP contribution < -0.4 is 5.32 Å². The van der Waals surface area contributed by atoms with E-state index in [1.807, 2.05) is 13.0 Å². The molecule has 0 bridgehead atoms. The molecule has 1 unspecified atom stereocenters.